The van der Waals surface area contributed by atoms with Crippen molar-refractivity contribution >= 4 is 15.9 Å². The van der Waals surface area contributed by atoms with Gasteiger partial charge in [0.2, 0.25) is 0 Å². The summed E-state index contributed by atoms with van der Waals surface area (Å²) < 4.78 is 2.63. The first-order valence-corrected chi connectivity index (χ1v) is 5.69. The number of hydrogen-bond acceptors (Lipinski definition) is 3. The monoisotopic (exact) mass is 281 g/mol. The lowest BCUT2D eigenvalue weighted by Gasteiger charge is -2.11. The number of nitrogens with zero attached hydrogens (tertiary/aromatic N) is 2. The maximum absolute atomic E-state index is 9.61. The Morgan fingerprint density at radius 2 is 2.31 bits per heavy atom. The summed E-state index contributed by atoms with van der Waals surface area (Å²) in [6.07, 6.45) is 2.96. The number of nitrogens with two attached hydrogens (primary N) is 1. The van der Waals surface area contributed by atoms with Gasteiger partial charge in [-0.2, -0.15) is 5.10 Å². The summed E-state index contributed by atoms with van der Waals surface area (Å²) in [5, 5.41) is 13.7. The van der Waals surface area contributed by atoms with Crippen molar-refractivity contribution in [2.24, 2.45) is 5.73 Å². The van der Waals surface area contributed by atoms with Crippen molar-refractivity contribution < 1.29 is 5.11 Å². The van der Waals surface area contributed by atoms with Crippen LogP contribution in [0, 0.1) is 0 Å². The summed E-state index contributed by atoms with van der Waals surface area (Å²) in [7, 11) is 0. The largest absolute Gasteiger partial charge is 0.387 e. The molecule has 1 unspecified atom stereocenters. The third-order valence-corrected chi connectivity index (χ3v) is 2.97. The SMILES string of the molecule is NCC(O)c1ccc(-n2cccn2)c(Br)c1. The molecule has 1 atom stereocenters. The molecule has 1 heterocycles. The summed E-state index contributed by atoms with van der Waals surface area (Å²) in [5.74, 6) is 0. The first-order chi connectivity index (χ1) is 7.72. The molecule has 0 aliphatic rings. The maximum atomic E-state index is 9.61. The molecular formula is C11H12BrN3O. The van der Waals surface area contributed by atoms with Crippen molar-refractivity contribution in [2.75, 3.05) is 6.54 Å². The third-order valence-electron chi connectivity index (χ3n) is 2.33. The second-order valence-electron chi connectivity index (χ2n) is 3.41. The van der Waals surface area contributed by atoms with E-state index in [9.17, 15) is 5.11 Å². The fourth-order valence-corrected chi connectivity index (χ4v) is 2.04. The first-order valence-electron chi connectivity index (χ1n) is 4.90. The van der Waals surface area contributed by atoms with Crippen LogP contribution in [0.5, 0.6) is 0 Å². The summed E-state index contributed by atoms with van der Waals surface area (Å²) in [4.78, 5) is 0. The molecule has 84 valence electrons. The van der Waals surface area contributed by atoms with Crippen molar-refractivity contribution in [3.05, 3.63) is 46.7 Å². The highest BCUT2D eigenvalue weighted by molar-refractivity contribution is 9.10. The first kappa shape index (κ1) is 11.3. The summed E-state index contributed by atoms with van der Waals surface area (Å²) in [6.45, 7) is 0.216. The lowest BCUT2D eigenvalue weighted by molar-refractivity contribution is 0.186. The van der Waals surface area contributed by atoms with Gasteiger partial charge in [0.05, 0.1) is 11.8 Å². The lowest BCUT2D eigenvalue weighted by Crippen LogP contribution is -2.11. The van der Waals surface area contributed by atoms with Gasteiger partial charge in [-0.25, -0.2) is 4.68 Å². The normalized spacial score (nSPS) is 12.7. The predicted octanol–water partition coefficient (Wildman–Crippen LogP) is 1.63. The van der Waals surface area contributed by atoms with Gasteiger partial charge in [0.1, 0.15) is 0 Å². The molecule has 2 aromatic rings. The Morgan fingerprint density at radius 1 is 1.50 bits per heavy atom. The highest BCUT2D eigenvalue weighted by atomic mass is 79.9. The molecule has 0 aliphatic heterocycles. The van der Waals surface area contributed by atoms with Crippen LogP contribution < -0.4 is 5.73 Å². The van der Waals surface area contributed by atoms with Crippen LogP contribution in [0.15, 0.2) is 41.1 Å². The zero-order valence-corrected chi connectivity index (χ0v) is 10.1. The Morgan fingerprint density at radius 3 is 2.88 bits per heavy atom. The van der Waals surface area contributed by atoms with Gasteiger partial charge < -0.3 is 10.8 Å². The number of halogens is 1. The molecule has 1 aromatic heterocycles. The van der Waals surface area contributed by atoms with E-state index in [0.29, 0.717) is 0 Å². The molecule has 0 amide bonds. The van der Waals surface area contributed by atoms with Gasteiger partial charge in [-0.05, 0) is 39.7 Å². The summed E-state index contributed by atoms with van der Waals surface area (Å²) in [5.41, 5.74) is 7.13. The number of hydrogen-bond donors (Lipinski definition) is 2. The van der Waals surface area contributed by atoms with E-state index in [1.54, 1.807) is 10.9 Å². The van der Waals surface area contributed by atoms with Gasteiger partial charge in [-0.15, -0.1) is 0 Å². The molecule has 5 heteroatoms. The zero-order chi connectivity index (χ0) is 11.5. The van der Waals surface area contributed by atoms with Crippen molar-refractivity contribution in [3.8, 4) is 5.69 Å². The molecule has 16 heavy (non-hydrogen) atoms. The molecule has 0 aliphatic carbocycles. The molecule has 0 spiro atoms. The highest BCUT2D eigenvalue weighted by Crippen LogP contribution is 2.24. The Labute approximate surface area is 102 Å². The van der Waals surface area contributed by atoms with Gasteiger partial charge in [0.15, 0.2) is 0 Å². The quantitative estimate of drug-likeness (QED) is 0.899. The second kappa shape index (κ2) is 4.78. The van der Waals surface area contributed by atoms with Gasteiger partial charge in [-0.3, -0.25) is 0 Å². The third kappa shape index (κ3) is 2.16. The average molecular weight is 282 g/mol. The van der Waals surface area contributed by atoms with Crippen molar-refractivity contribution in [1.82, 2.24) is 9.78 Å². The molecule has 2 rings (SSSR count). The Balaban J connectivity index is 2.37. The van der Waals surface area contributed by atoms with E-state index in [2.05, 4.69) is 21.0 Å². The fourth-order valence-electron chi connectivity index (χ4n) is 1.46. The Hall–Kier alpha value is -1.17. The van der Waals surface area contributed by atoms with Crippen LogP contribution in [0.25, 0.3) is 5.69 Å². The standard InChI is InChI=1S/C11H12BrN3O/c12-9-6-8(11(16)7-13)2-3-10(9)15-5-1-4-14-15/h1-6,11,16H,7,13H2. The van der Waals surface area contributed by atoms with E-state index in [4.69, 9.17) is 5.73 Å². The molecule has 0 saturated heterocycles. The van der Waals surface area contributed by atoms with Crippen LogP contribution in [0.3, 0.4) is 0 Å². The molecule has 0 bridgehead atoms. The van der Waals surface area contributed by atoms with Crippen LogP contribution in [0.1, 0.15) is 11.7 Å². The van der Waals surface area contributed by atoms with Crippen molar-refractivity contribution in [3.63, 3.8) is 0 Å². The molecule has 1 aromatic carbocycles. The average Bonchev–Trinajstić information content (AvgIpc) is 2.81. The number of benzene rings is 1. The summed E-state index contributed by atoms with van der Waals surface area (Å²) in [6, 6.07) is 7.45. The van der Waals surface area contributed by atoms with Gasteiger partial charge >= 0.3 is 0 Å². The molecular weight excluding hydrogens is 270 g/mol. The highest BCUT2D eigenvalue weighted by Gasteiger charge is 2.08. The van der Waals surface area contributed by atoms with Crippen LogP contribution in [0.2, 0.25) is 0 Å². The Kier molecular flexibility index (Phi) is 3.38. The van der Waals surface area contributed by atoms with Crippen molar-refractivity contribution in [1.29, 1.82) is 0 Å². The van der Waals surface area contributed by atoms with Crippen molar-refractivity contribution in [2.45, 2.75) is 6.10 Å². The van der Waals surface area contributed by atoms with Crippen LogP contribution in [-0.4, -0.2) is 21.4 Å². The lowest BCUT2D eigenvalue weighted by atomic mass is 10.1. The fraction of sp³-hybridized carbons (Fsp3) is 0.182. The predicted molar refractivity (Wildman–Crippen MR) is 65.3 cm³/mol. The molecule has 0 saturated carbocycles. The maximum Gasteiger partial charge on any atom is 0.0912 e. The van der Waals surface area contributed by atoms with Crippen LogP contribution in [0.4, 0.5) is 0 Å². The van der Waals surface area contributed by atoms with Gasteiger partial charge in [-0.1, -0.05) is 6.07 Å². The topological polar surface area (TPSA) is 64.1 Å². The van der Waals surface area contributed by atoms with E-state index in [1.165, 1.54) is 0 Å². The Bertz CT molecular complexity index is 470. The van der Waals surface area contributed by atoms with Gasteiger partial charge in [0, 0.05) is 23.4 Å². The number of aliphatic hydroxyl groups excluding tert-OH is 1. The molecule has 4 nitrogen and oxygen atoms in total. The summed E-state index contributed by atoms with van der Waals surface area (Å²) >= 11 is 3.45. The second-order valence-corrected chi connectivity index (χ2v) is 4.27. The number of aromatic nitrogens is 2. The van der Waals surface area contributed by atoms with E-state index < -0.39 is 6.10 Å². The minimum atomic E-state index is -0.622. The molecule has 3 N–H and O–H groups in total. The minimum absolute atomic E-state index is 0.216. The smallest absolute Gasteiger partial charge is 0.0912 e. The van der Waals surface area contributed by atoms with E-state index in [0.717, 1.165) is 15.7 Å². The zero-order valence-electron chi connectivity index (χ0n) is 8.55. The minimum Gasteiger partial charge on any atom is -0.387 e. The molecule has 0 fully saturated rings. The molecule has 0 radical (unpaired) electrons. The van der Waals surface area contributed by atoms with Crippen LogP contribution in [-0.2, 0) is 0 Å². The van der Waals surface area contributed by atoms with E-state index >= 15 is 0 Å². The number of aliphatic hydroxyl groups is 1. The van der Waals surface area contributed by atoms with E-state index in [1.807, 2.05) is 30.5 Å². The number of rotatable bonds is 3. The van der Waals surface area contributed by atoms with Gasteiger partial charge in [0.25, 0.3) is 0 Å². The van der Waals surface area contributed by atoms with Crippen LogP contribution >= 0.6 is 15.9 Å². The van der Waals surface area contributed by atoms with E-state index in [-0.39, 0.29) is 6.54 Å².